The van der Waals surface area contributed by atoms with Gasteiger partial charge in [-0.25, -0.2) is 4.79 Å². The van der Waals surface area contributed by atoms with Crippen molar-refractivity contribution in [3.8, 4) is 11.5 Å². The molecule has 0 saturated heterocycles. The Morgan fingerprint density at radius 3 is 2.05 bits per heavy atom. The fraction of sp³-hybridized carbons (Fsp3) is 0.125. The van der Waals surface area contributed by atoms with E-state index < -0.39 is 17.8 Å². The van der Waals surface area contributed by atoms with Crippen molar-refractivity contribution in [2.24, 2.45) is 0 Å². The molecule has 5 aromatic rings. The fourth-order valence-corrected chi connectivity index (χ4v) is 5.15. The van der Waals surface area contributed by atoms with E-state index in [1.54, 1.807) is 29.0 Å². The van der Waals surface area contributed by atoms with Crippen LogP contribution in [0.3, 0.4) is 0 Å². The zero-order valence-electron chi connectivity index (χ0n) is 20.7. The van der Waals surface area contributed by atoms with E-state index in [1.165, 1.54) is 0 Å². The summed E-state index contributed by atoms with van der Waals surface area (Å²) < 4.78 is 14.6. The second-order valence-electron chi connectivity index (χ2n) is 9.27. The van der Waals surface area contributed by atoms with Gasteiger partial charge in [-0.05, 0) is 30.7 Å². The van der Waals surface area contributed by atoms with Crippen molar-refractivity contribution >= 4 is 22.7 Å². The molecule has 0 spiro atoms. The van der Waals surface area contributed by atoms with Gasteiger partial charge in [0.15, 0.2) is 17.3 Å². The summed E-state index contributed by atoms with van der Waals surface area (Å²) in [6.45, 7) is 1.82. The maximum Gasteiger partial charge on any atom is 0.326 e. The highest BCUT2D eigenvalue weighted by atomic mass is 16.7. The van der Waals surface area contributed by atoms with E-state index in [9.17, 15) is 14.7 Å². The number of hydrogen-bond acceptors (Lipinski definition) is 4. The number of hydrogen-bond donors (Lipinski definition) is 1. The van der Waals surface area contributed by atoms with E-state index in [1.807, 2.05) is 91.9 Å². The molecule has 6 heteroatoms. The van der Waals surface area contributed by atoms with Crippen molar-refractivity contribution in [1.29, 1.82) is 0 Å². The minimum absolute atomic E-state index is 0.219. The van der Waals surface area contributed by atoms with E-state index in [-0.39, 0.29) is 5.78 Å². The number of nitrogens with zero attached hydrogens (tertiary/aromatic N) is 1. The van der Waals surface area contributed by atoms with Gasteiger partial charge in [-0.1, -0.05) is 85.8 Å². The molecule has 1 unspecified atom stereocenters. The summed E-state index contributed by atoms with van der Waals surface area (Å²) in [4.78, 5) is 25.7. The van der Waals surface area contributed by atoms with Crippen molar-refractivity contribution in [1.82, 2.24) is 4.57 Å². The van der Waals surface area contributed by atoms with Crippen LogP contribution in [0.15, 0.2) is 109 Å². The van der Waals surface area contributed by atoms with Crippen molar-refractivity contribution in [3.63, 3.8) is 0 Å². The smallest absolute Gasteiger partial charge is 0.326 e. The molecule has 1 aliphatic heterocycles. The summed E-state index contributed by atoms with van der Waals surface area (Å²) in [5.41, 5.74) is 3.24. The van der Waals surface area contributed by atoms with Gasteiger partial charge in [-0.3, -0.25) is 4.79 Å². The quantitative estimate of drug-likeness (QED) is 0.254. The molecule has 1 N–H and O–H groups in total. The van der Waals surface area contributed by atoms with E-state index in [4.69, 9.17) is 9.47 Å². The third-order valence-electron chi connectivity index (χ3n) is 7.01. The Morgan fingerprint density at radius 1 is 0.816 bits per heavy atom. The highest BCUT2D eigenvalue weighted by Gasteiger charge is 2.45. The van der Waals surface area contributed by atoms with Crippen LogP contribution >= 0.6 is 0 Å². The third-order valence-corrected chi connectivity index (χ3v) is 7.01. The average Bonchev–Trinajstić information content (AvgIpc) is 3.54. The molecule has 1 aromatic heterocycles. The Labute approximate surface area is 219 Å². The van der Waals surface area contributed by atoms with Crippen molar-refractivity contribution in [3.05, 3.63) is 132 Å². The van der Waals surface area contributed by atoms with Gasteiger partial charge in [0.05, 0.1) is 0 Å². The SMILES string of the molecule is CCC(C(=O)O)n1cc(C(=O)c2ccc3c(c2)OC(c2ccccc2)(c2ccccc2)O3)c2ccccc21. The summed E-state index contributed by atoms with van der Waals surface area (Å²) in [5, 5.41) is 10.5. The molecule has 188 valence electrons. The number of rotatable bonds is 7. The van der Waals surface area contributed by atoms with Crippen LogP contribution in [0.1, 0.15) is 46.4 Å². The first-order chi connectivity index (χ1) is 18.5. The van der Waals surface area contributed by atoms with E-state index in [0.29, 0.717) is 39.9 Å². The summed E-state index contributed by atoms with van der Waals surface area (Å²) >= 11 is 0. The van der Waals surface area contributed by atoms with Crippen LogP contribution in [-0.2, 0) is 10.6 Å². The predicted octanol–water partition coefficient (Wildman–Crippen LogP) is 6.58. The first-order valence-electron chi connectivity index (χ1n) is 12.5. The second-order valence-corrected chi connectivity index (χ2v) is 9.27. The molecule has 0 amide bonds. The van der Waals surface area contributed by atoms with Crippen molar-refractivity contribution in [2.75, 3.05) is 0 Å². The Kier molecular flexibility index (Phi) is 5.72. The van der Waals surface area contributed by atoms with Gasteiger partial charge in [0, 0.05) is 39.4 Å². The third kappa shape index (κ3) is 3.73. The second kappa shape index (κ2) is 9.23. The molecule has 38 heavy (non-hydrogen) atoms. The monoisotopic (exact) mass is 503 g/mol. The number of ketones is 1. The molecule has 0 fully saturated rings. The van der Waals surface area contributed by atoms with Gasteiger partial charge in [0.2, 0.25) is 0 Å². The van der Waals surface area contributed by atoms with Gasteiger partial charge in [-0.15, -0.1) is 0 Å². The molecule has 0 saturated carbocycles. The zero-order valence-corrected chi connectivity index (χ0v) is 20.7. The Balaban J connectivity index is 1.42. The van der Waals surface area contributed by atoms with Crippen LogP contribution in [0.5, 0.6) is 11.5 Å². The number of benzene rings is 4. The highest BCUT2D eigenvalue weighted by molar-refractivity contribution is 6.16. The first kappa shape index (κ1) is 23.6. The Bertz CT molecular complexity index is 1620. The number of carboxylic acids is 1. The predicted molar refractivity (Wildman–Crippen MR) is 144 cm³/mol. The normalized spacial score (nSPS) is 14.3. The summed E-state index contributed by atoms with van der Waals surface area (Å²) in [6.07, 6.45) is 2.05. The molecule has 1 aliphatic rings. The minimum Gasteiger partial charge on any atom is -0.480 e. The lowest BCUT2D eigenvalue weighted by Gasteiger charge is -2.28. The maximum atomic E-state index is 13.8. The molecule has 6 rings (SSSR count). The van der Waals surface area contributed by atoms with Crippen LogP contribution < -0.4 is 9.47 Å². The number of fused-ring (bicyclic) bond motifs is 2. The lowest BCUT2D eigenvalue weighted by Crippen LogP contribution is -2.36. The Morgan fingerprint density at radius 2 is 1.42 bits per heavy atom. The van der Waals surface area contributed by atoms with Gasteiger partial charge in [0.1, 0.15) is 6.04 Å². The summed E-state index contributed by atoms with van der Waals surface area (Å²) in [7, 11) is 0. The number of ether oxygens (including phenoxy) is 2. The highest BCUT2D eigenvalue weighted by Crippen LogP contribution is 2.48. The van der Waals surface area contributed by atoms with E-state index in [2.05, 4.69) is 0 Å². The van der Waals surface area contributed by atoms with Gasteiger partial charge in [-0.2, -0.15) is 0 Å². The zero-order chi connectivity index (χ0) is 26.3. The average molecular weight is 504 g/mol. The molecule has 4 aromatic carbocycles. The summed E-state index contributed by atoms with van der Waals surface area (Å²) in [5.74, 6) is -1.34. The number of carbonyl (C=O) groups excluding carboxylic acids is 1. The van der Waals surface area contributed by atoms with Gasteiger partial charge < -0.3 is 19.1 Å². The van der Waals surface area contributed by atoms with Crippen molar-refractivity contribution < 1.29 is 24.2 Å². The molecule has 0 bridgehead atoms. The van der Waals surface area contributed by atoms with Gasteiger partial charge >= 0.3 is 11.8 Å². The van der Waals surface area contributed by atoms with Crippen LogP contribution in [-0.4, -0.2) is 21.4 Å². The van der Waals surface area contributed by atoms with E-state index in [0.717, 1.165) is 11.1 Å². The van der Waals surface area contributed by atoms with Crippen LogP contribution in [0.4, 0.5) is 0 Å². The molecule has 0 radical (unpaired) electrons. The Hall–Kier alpha value is -4.84. The molecular weight excluding hydrogens is 478 g/mol. The number of para-hydroxylation sites is 1. The maximum absolute atomic E-state index is 13.8. The topological polar surface area (TPSA) is 77.8 Å². The van der Waals surface area contributed by atoms with Crippen LogP contribution in [0, 0.1) is 0 Å². The molecule has 0 aliphatic carbocycles. The lowest BCUT2D eigenvalue weighted by molar-refractivity contribution is -0.140. The molecule has 1 atom stereocenters. The molecule has 6 nitrogen and oxygen atoms in total. The van der Waals surface area contributed by atoms with Crippen LogP contribution in [0.25, 0.3) is 10.9 Å². The minimum atomic E-state index is -1.18. The number of carbonyl (C=O) groups is 2. The fourth-order valence-electron chi connectivity index (χ4n) is 5.15. The number of aromatic nitrogens is 1. The van der Waals surface area contributed by atoms with Crippen LogP contribution in [0.2, 0.25) is 0 Å². The molecule has 2 heterocycles. The summed E-state index contributed by atoms with van der Waals surface area (Å²) in [6, 6.07) is 31.2. The van der Waals surface area contributed by atoms with Gasteiger partial charge in [0.25, 0.3) is 0 Å². The molecular formula is C32H25NO5. The number of carboxylic acid groups (broad SMARTS) is 1. The largest absolute Gasteiger partial charge is 0.480 e. The lowest BCUT2D eigenvalue weighted by atomic mass is 9.97. The van der Waals surface area contributed by atoms with E-state index >= 15 is 0 Å². The number of aliphatic carboxylic acids is 1. The first-order valence-corrected chi connectivity index (χ1v) is 12.5. The van der Waals surface area contributed by atoms with Crippen molar-refractivity contribution in [2.45, 2.75) is 25.2 Å². The standard InChI is InChI=1S/C32H25NO5/c1-2-26(31(35)36)33-20-25(24-15-9-10-16-27(24)33)30(34)21-17-18-28-29(19-21)38-32(37-28,22-11-5-3-6-12-22)23-13-7-4-8-14-23/h3-20,26H,2H2,1H3,(H,35,36).